The van der Waals surface area contributed by atoms with Crippen LogP contribution >= 0.6 is 11.6 Å². The highest BCUT2D eigenvalue weighted by molar-refractivity contribution is 6.30. The number of anilines is 1. The Morgan fingerprint density at radius 1 is 1.00 bits per heavy atom. The first-order valence-corrected chi connectivity index (χ1v) is 6.01. The van der Waals surface area contributed by atoms with E-state index in [-0.39, 0.29) is 16.8 Å². The molecule has 19 heavy (non-hydrogen) atoms. The molecule has 0 saturated heterocycles. The van der Waals surface area contributed by atoms with Crippen LogP contribution in [-0.4, -0.2) is 0 Å². The van der Waals surface area contributed by atoms with Crippen molar-refractivity contribution in [3.05, 3.63) is 64.4 Å². The van der Waals surface area contributed by atoms with Crippen LogP contribution in [0.3, 0.4) is 0 Å². The van der Waals surface area contributed by atoms with E-state index in [0.717, 1.165) is 18.2 Å². The summed E-state index contributed by atoms with van der Waals surface area (Å²) in [6.07, 6.45) is 0. The summed E-state index contributed by atoms with van der Waals surface area (Å²) in [4.78, 5) is 0. The first kappa shape index (κ1) is 13.7. The standard InChI is InChI=1S/C14H11ClF3N/c1-8(9-2-4-12(17)11(15)6-9)19-14-7-10(16)3-5-13(14)18/h2-8,19H,1H3. The summed E-state index contributed by atoms with van der Waals surface area (Å²) >= 11 is 5.68. The van der Waals surface area contributed by atoms with Crippen molar-refractivity contribution in [2.45, 2.75) is 13.0 Å². The third-order valence-corrected chi connectivity index (χ3v) is 3.03. The van der Waals surface area contributed by atoms with Crippen LogP contribution in [0.4, 0.5) is 18.9 Å². The number of hydrogen-bond donors (Lipinski definition) is 1. The molecule has 0 radical (unpaired) electrons. The van der Waals surface area contributed by atoms with E-state index >= 15 is 0 Å². The minimum atomic E-state index is -0.554. The molecule has 5 heteroatoms. The second-order valence-corrected chi connectivity index (χ2v) is 4.57. The van der Waals surface area contributed by atoms with Gasteiger partial charge in [0.2, 0.25) is 0 Å². The van der Waals surface area contributed by atoms with Crippen molar-refractivity contribution in [2.24, 2.45) is 0 Å². The smallest absolute Gasteiger partial charge is 0.146 e. The monoisotopic (exact) mass is 285 g/mol. The Hall–Kier alpha value is -1.68. The number of rotatable bonds is 3. The zero-order chi connectivity index (χ0) is 14.0. The Bertz CT molecular complexity index is 601. The van der Waals surface area contributed by atoms with Gasteiger partial charge in [-0.25, -0.2) is 13.2 Å². The summed E-state index contributed by atoms with van der Waals surface area (Å²) < 4.78 is 39.6. The van der Waals surface area contributed by atoms with Crippen LogP contribution in [-0.2, 0) is 0 Å². The quantitative estimate of drug-likeness (QED) is 0.843. The van der Waals surface area contributed by atoms with Gasteiger partial charge in [-0.2, -0.15) is 0 Å². The lowest BCUT2D eigenvalue weighted by molar-refractivity contribution is 0.600. The van der Waals surface area contributed by atoms with E-state index in [1.807, 2.05) is 0 Å². The number of hydrogen-bond acceptors (Lipinski definition) is 1. The normalized spacial score (nSPS) is 12.3. The van der Waals surface area contributed by atoms with Gasteiger partial charge in [0.05, 0.1) is 10.7 Å². The SMILES string of the molecule is CC(Nc1cc(F)ccc1F)c1ccc(F)c(Cl)c1. The summed E-state index contributed by atoms with van der Waals surface area (Å²) in [5.74, 6) is -1.61. The Labute approximate surface area is 114 Å². The maximum Gasteiger partial charge on any atom is 0.146 e. The zero-order valence-corrected chi connectivity index (χ0v) is 10.8. The molecule has 0 spiro atoms. The molecule has 1 nitrogen and oxygen atoms in total. The Kier molecular flexibility index (Phi) is 4.00. The molecule has 0 aromatic heterocycles. The summed E-state index contributed by atoms with van der Waals surface area (Å²) in [5, 5.41) is 2.81. The number of nitrogens with one attached hydrogen (secondary N) is 1. The van der Waals surface area contributed by atoms with Crippen molar-refractivity contribution in [3.8, 4) is 0 Å². The summed E-state index contributed by atoms with van der Waals surface area (Å²) in [6.45, 7) is 1.74. The molecule has 1 atom stereocenters. The minimum Gasteiger partial charge on any atom is -0.376 e. The molecule has 2 aromatic rings. The van der Waals surface area contributed by atoms with Gasteiger partial charge < -0.3 is 5.32 Å². The first-order chi connectivity index (χ1) is 8.97. The molecule has 1 N–H and O–H groups in total. The molecular weight excluding hydrogens is 275 g/mol. The lowest BCUT2D eigenvalue weighted by Gasteiger charge is -2.16. The average Bonchev–Trinajstić information content (AvgIpc) is 2.37. The summed E-state index contributed by atoms with van der Waals surface area (Å²) in [6, 6.07) is 7.04. The molecule has 0 aliphatic heterocycles. The van der Waals surface area contributed by atoms with E-state index in [9.17, 15) is 13.2 Å². The third-order valence-electron chi connectivity index (χ3n) is 2.74. The van der Waals surface area contributed by atoms with Gasteiger partial charge in [-0.3, -0.25) is 0 Å². The van der Waals surface area contributed by atoms with Crippen LogP contribution in [0.5, 0.6) is 0 Å². The Morgan fingerprint density at radius 3 is 2.37 bits per heavy atom. The van der Waals surface area contributed by atoms with Crippen molar-refractivity contribution in [1.29, 1.82) is 0 Å². The van der Waals surface area contributed by atoms with Gasteiger partial charge in [0.15, 0.2) is 0 Å². The number of benzene rings is 2. The number of halogens is 4. The van der Waals surface area contributed by atoms with Gasteiger partial charge in [0.25, 0.3) is 0 Å². The Balaban J connectivity index is 2.22. The molecule has 1 unspecified atom stereocenters. The maximum atomic E-state index is 13.5. The fourth-order valence-corrected chi connectivity index (χ4v) is 1.90. The molecule has 0 bridgehead atoms. The third kappa shape index (κ3) is 3.20. The molecule has 100 valence electrons. The summed E-state index contributed by atoms with van der Waals surface area (Å²) in [7, 11) is 0. The van der Waals surface area contributed by atoms with Crippen LogP contribution in [0.1, 0.15) is 18.5 Å². The highest BCUT2D eigenvalue weighted by Gasteiger charge is 2.11. The second-order valence-electron chi connectivity index (χ2n) is 4.16. The van der Waals surface area contributed by atoms with Crippen molar-refractivity contribution in [2.75, 3.05) is 5.32 Å². The molecule has 0 aliphatic carbocycles. The highest BCUT2D eigenvalue weighted by atomic mass is 35.5. The minimum absolute atomic E-state index is 0.00846. The molecule has 2 rings (SSSR count). The Morgan fingerprint density at radius 2 is 1.68 bits per heavy atom. The molecule has 0 aliphatic rings. The fourth-order valence-electron chi connectivity index (χ4n) is 1.71. The average molecular weight is 286 g/mol. The lowest BCUT2D eigenvalue weighted by Crippen LogP contribution is -2.08. The first-order valence-electron chi connectivity index (χ1n) is 5.64. The van der Waals surface area contributed by atoms with E-state index in [1.54, 1.807) is 6.92 Å². The molecule has 0 fully saturated rings. The lowest BCUT2D eigenvalue weighted by atomic mass is 10.1. The van der Waals surface area contributed by atoms with E-state index < -0.39 is 17.5 Å². The van der Waals surface area contributed by atoms with Gasteiger partial charge in [-0.15, -0.1) is 0 Å². The van der Waals surface area contributed by atoms with Crippen LogP contribution in [0, 0.1) is 17.5 Å². The van der Waals surface area contributed by atoms with Crippen molar-refractivity contribution in [3.63, 3.8) is 0 Å². The largest absolute Gasteiger partial charge is 0.376 e. The van der Waals surface area contributed by atoms with Crippen molar-refractivity contribution >= 4 is 17.3 Å². The zero-order valence-electron chi connectivity index (χ0n) is 10.1. The van der Waals surface area contributed by atoms with Crippen LogP contribution in [0.2, 0.25) is 5.02 Å². The van der Waals surface area contributed by atoms with Crippen LogP contribution in [0.15, 0.2) is 36.4 Å². The molecule has 0 heterocycles. The summed E-state index contributed by atoms with van der Waals surface area (Å²) in [5.41, 5.74) is 0.725. The van der Waals surface area contributed by atoms with E-state index in [2.05, 4.69) is 5.32 Å². The van der Waals surface area contributed by atoms with Crippen LogP contribution in [0.25, 0.3) is 0 Å². The van der Waals surface area contributed by atoms with Crippen molar-refractivity contribution < 1.29 is 13.2 Å². The topological polar surface area (TPSA) is 12.0 Å². The van der Waals surface area contributed by atoms with Gasteiger partial charge in [-0.05, 0) is 42.8 Å². The maximum absolute atomic E-state index is 13.5. The molecule has 2 aromatic carbocycles. The molecular formula is C14H11ClF3N. The molecule has 0 amide bonds. The predicted molar refractivity (Wildman–Crippen MR) is 69.8 cm³/mol. The van der Waals surface area contributed by atoms with E-state index in [4.69, 9.17) is 11.6 Å². The van der Waals surface area contributed by atoms with Gasteiger partial charge >= 0.3 is 0 Å². The van der Waals surface area contributed by atoms with Gasteiger partial charge in [0.1, 0.15) is 17.5 Å². The van der Waals surface area contributed by atoms with E-state index in [0.29, 0.717) is 5.56 Å². The second kappa shape index (κ2) is 5.53. The molecule has 0 saturated carbocycles. The van der Waals surface area contributed by atoms with Crippen LogP contribution < -0.4 is 5.32 Å². The predicted octanol–water partition coefficient (Wildman–Crippen LogP) is 4.93. The highest BCUT2D eigenvalue weighted by Crippen LogP contribution is 2.25. The fraction of sp³-hybridized carbons (Fsp3) is 0.143. The van der Waals surface area contributed by atoms with Gasteiger partial charge in [0, 0.05) is 6.04 Å². The van der Waals surface area contributed by atoms with Crippen molar-refractivity contribution in [1.82, 2.24) is 0 Å². The van der Waals surface area contributed by atoms with Gasteiger partial charge in [-0.1, -0.05) is 17.7 Å². The van der Waals surface area contributed by atoms with E-state index in [1.165, 1.54) is 18.2 Å².